The predicted octanol–water partition coefficient (Wildman–Crippen LogP) is 5.14. The number of carboxylic acid groups (broad SMARTS) is 1. The third kappa shape index (κ3) is 3.51. The van der Waals surface area contributed by atoms with Crippen LogP contribution in [0.15, 0.2) is 28.7 Å². The van der Waals surface area contributed by atoms with Gasteiger partial charge in [-0.2, -0.15) is 13.2 Å². The molecule has 23 heavy (non-hydrogen) atoms. The predicted molar refractivity (Wildman–Crippen MR) is 63.9 cm³/mol. The van der Waals surface area contributed by atoms with Crippen LogP contribution in [-0.4, -0.2) is 23.4 Å². The molecule has 0 aliphatic carbocycles. The lowest BCUT2D eigenvalue weighted by atomic mass is 10.0. The van der Waals surface area contributed by atoms with Gasteiger partial charge in [-0.15, -0.1) is 0 Å². The molecule has 1 aliphatic heterocycles. The van der Waals surface area contributed by atoms with Crippen LogP contribution in [0.2, 0.25) is 0 Å². The molecule has 0 radical (unpaired) electrons. The molecule has 2 rings (SSSR count). The maximum atomic E-state index is 12.7. The second-order valence-corrected chi connectivity index (χ2v) is 7.02. The summed E-state index contributed by atoms with van der Waals surface area (Å²) in [5, 5.41) is 8.72. The van der Waals surface area contributed by atoms with Crippen molar-refractivity contribution in [3.8, 4) is 5.75 Å². The zero-order chi connectivity index (χ0) is 17.9. The van der Waals surface area contributed by atoms with Gasteiger partial charge < -0.3 is 9.84 Å². The van der Waals surface area contributed by atoms with Gasteiger partial charge in [0.1, 0.15) is 10.6 Å². The number of hydrogen-bond acceptors (Lipinski definition) is 2. The van der Waals surface area contributed by atoms with E-state index in [4.69, 9.17) is 5.11 Å². The van der Waals surface area contributed by atoms with E-state index in [0.29, 0.717) is 0 Å². The molecule has 1 aromatic carbocycles. The van der Waals surface area contributed by atoms with Crippen molar-refractivity contribution < 1.29 is 47.2 Å². The number of benzene rings is 1. The summed E-state index contributed by atoms with van der Waals surface area (Å²) >= 11 is 0. The number of fused-ring (bicyclic) bond motifs is 1. The first-order valence-corrected chi connectivity index (χ1v) is 7.50. The van der Waals surface area contributed by atoms with Crippen LogP contribution < -0.4 is 4.74 Å². The van der Waals surface area contributed by atoms with Crippen LogP contribution in [0.4, 0.5) is 32.6 Å². The van der Waals surface area contributed by atoms with Crippen LogP contribution in [0.25, 0.3) is 6.08 Å². The first-order chi connectivity index (χ1) is 9.99. The lowest BCUT2D eigenvalue weighted by Crippen LogP contribution is -2.40. The van der Waals surface area contributed by atoms with Crippen molar-refractivity contribution in [2.24, 2.45) is 0 Å². The minimum absolute atomic E-state index is 0.118. The van der Waals surface area contributed by atoms with E-state index in [9.17, 15) is 37.4 Å². The fourth-order valence-electron chi connectivity index (χ4n) is 1.84. The normalized spacial score (nSPS) is 21.4. The van der Waals surface area contributed by atoms with Gasteiger partial charge in [-0.1, -0.05) is 19.4 Å². The van der Waals surface area contributed by atoms with Gasteiger partial charge in [-0.05, 0) is 24.3 Å². The van der Waals surface area contributed by atoms with E-state index in [1.807, 2.05) is 0 Å². The topological polar surface area (TPSA) is 46.5 Å². The summed E-state index contributed by atoms with van der Waals surface area (Å²) < 4.78 is 106. The first-order valence-electron chi connectivity index (χ1n) is 5.55. The van der Waals surface area contributed by atoms with Crippen molar-refractivity contribution in [2.45, 2.75) is 17.2 Å². The zero-order valence-electron chi connectivity index (χ0n) is 10.6. The number of carbonyl (C=O) groups is 1. The summed E-state index contributed by atoms with van der Waals surface area (Å²) in [7, 11) is -10.1. The van der Waals surface area contributed by atoms with Crippen molar-refractivity contribution in [1.82, 2.24) is 0 Å². The molecular weight excluding hydrogens is 364 g/mol. The van der Waals surface area contributed by atoms with E-state index in [1.54, 1.807) is 0 Å². The van der Waals surface area contributed by atoms with E-state index < -0.39 is 50.3 Å². The number of ether oxygens (including phenoxy) is 1. The lowest BCUT2D eigenvalue weighted by Gasteiger charge is -2.41. The average molecular weight is 370 g/mol. The largest absolute Gasteiger partial charge is 0.478 e. The van der Waals surface area contributed by atoms with E-state index in [2.05, 4.69) is 4.74 Å². The molecule has 0 aromatic heterocycles. The second-order valence-electron chi connectivity index (χ2n) is 4.61. The Labute approximate surface area is 122 Å². The lowest BCUT2D eigenvalue weighted by molar-refractivity contribution is -0.187. The highest BCUT2D eigenvalue weighted by atomic mass is 32.5. The maximum Gasteiger partial charge on any atom is 0.430 e. The molecule has 1 N–H and O–H groups in total. The molecule has 0 saturated carbocycles. The van der Waals surface area contributed by atoms with Crippen LogP contribution in [0.3, 0.4) is 0 Å². The number of carboxylic acids is 1. The smallest absolute Gasteiger partial charge is 0.430 e. The van der Waals surface area contributed by atoms with Crippen molar-refractivity contribution >= 4 is 22.3 Å². The van der Waals surface area contributed by atoms with E-state index in [-0.39, 0.29) is 24.3 Å². The van der Waals surface area contributed by atoms with Crippen LogP contribution in [0, 0.1) is 0 Å². The Kier molecular flexibility index (Phi) is 3.10. The van der Waals surface area contributed by atoms with Crippen LogP contribution in [0.1, 0.15) is 5.56 Å². The Hall–Kier alpha value is -1.98. The molecule has 0 unspecified atom stereocenters. The third-order valence-corrected chi connectivity index (χ3v) is 3.95. The Morgan fingerprint density at radius 3 is 2.13 bits per heavy atom. The van der Waals surface area contributed by atoms with Gasteiger partial charge >= 0.3 is 22.4 Å². The number of aliphatic carboxylic acids is 1. The van der Waals surface area contributed by atoms with Gasteiger partial charge in [0.05, 0.1) is 5.57 Å². The quantitative estimate of drug-likeness (QED) is 0.734. The molecule has 12 heteroatoms. The molecule has 0 saturated heterocycles. The van der Waals surface area contributed by atoms with Crippen molar-refractivity contribution in [2.75, 3.05) is 0 Å². The Bertz CT molecular complexity index is 719. The fourth-order valence-corrected chi connectivity index (χ4v) is 2.51. The second kappa shape index (κ2) is 4.10. The highest BCUT2D eigenvalue weighted by molar-refractivity contribution is 8.45. The average Bonchev–Trinajstić information content (AvgIpc) is 2.32. The van der Waals surface area contributed by atoms with Gasteiger partial charge in [0.2, 0.25) is 6.10 Å². The minimum atomic E-state index is -10.1. The summed E-state index contributed by atoms with van der Waals surface area (Å²) in [6.07, 6.45) is -7.84. The molecule has 130 valence electrons. The first kappa shape index (κ1) is 17.4. The summed E-state index contributed by atoms with van der Waals surface area (Å²) in [6.45, 7) is 0. The molecule has 0 amide bonds. The van der Waals surface area contributed by atoms with E-state index in [1.165, 1.54) is 0 Å². The molecule has 3 nitrogen and oxygen atoms in total. The van der Waals surface area contributed by atoms with Crippen molar-refractivity contribution in [3.05, 3.63) is 29.3 Å². The Morgan fingerprint density at radius 1 is 1.13 bits per heavy atom. The molecule has 1 aromatic rings. The number of halogens is 8. The Morgan fingerprint density at radius 2 is 1.70 bits per heavy atom. The fraction of sp³-hybridized carbons (Fsp3) is 0.182. The Balaban J connectivity index is 2.63. The minimum Gasteiger partial charge on any atom is -0.478 e. The van der Waals surface area contributed by atoms with Crippen LogP contribution >= 0.6 is 10.2 Å². The van der Waals surface area contributed by atoms with Gasteiger partial charge in [0.25, 0.3) is 0 Å². The SMILES string of the molecule is O=C(O)C1=Cc2cc(S(F)(F)(F)(F)F)ccc2O[C@@H]1C(F)(F)F. The monoisotopic (exact) mass is 370 g/mol. The number of alkyl halides is 3. The number of rotatable bonds is 2. The highest BCUT2D eigenvalue weighted by Gasteiger charge is 2.65. The van der Waals surface area contributed by atoms with Crippen molar-refractivity contribution in [3.63, 3.8) is 0 Å². The van der Waals surface area contributed by atoms with Crippen molar-refractivity contribution in [1.29, 1.82) is 0 Å². The summed E-state index contributed by atoms with van der Waals surface area (Å²) in [4.78, 5) is 8.46. The zero-order valence-corrected chi connectivity index (χ0v) is 11.4. The molecule has 1 atom stereocenters. The number of hydrogen-bond donors (Lipinski definition) is 1. The van der Waals surface area contributed by atoms with Gasteiger partial charge in [0.15, 0.2) is 0 Å². The van der Waals surface area contributed by atoms with Crippen LogP contribution in [-0.2, 0) is 4.79 Å². The summed E-state index contributed by atoms with van der Waals surface area (Å²) in [6, 6.07) is 0.0241. The van der Waals surface area contributed by atoms with Gasteiger partial charge in [0, 0.05) is 5.56 Å². The molecular formula is C11H6F8O3S. The van der Waals surface area contributed by atoms with Gasteiger partial charge in [-0.25, -0.2) is 4.79 Å². The standard InChI is InChI=1S/C11H6F8O3S/c12-11(13,14)9-7(10(20)21)4-5-3-6(1-2-8(5)22-9)23(15,16,17,18)19/h1-4,9H,(H,20,21)/t9-/m0/s1. The highest BCUT2D eigenvalue weighted by Crippen LogP contribution is 3.02. The molecule has 1 aliphatic rings. The molecule has 0 spiro atoms. The summed E-state index contributed by atoms with van der Waals surface area (Å²) in [5.74, 6) is -2.89. The third-order valence-electron chi connectivity index (χ3n) is 2.81. The van der Waals surface area contributed by atoms with E-state index >= 15 is 0 Å². The molecule has 1 heterocycles. The molecule has 0 fully saturated rings. The molecule has 0 bridgehead atoms. The maximum absolute atomic E-state index is 12.7. The summed E-state index contributed by atoms with van der Waals surface area (Å²) in [5.41, 5.74) is -2.25. The van der Waals surface area contributed by atoms with Crippen LogP contribution in [0.5, 0.6) is 5.75 Å². The van der Waals surface area contributed by atoms with E-state index in [0.717, 1.165) is 0 Å². The van der Waals surface area contributed by atoms with Gasteiger partial charge in [-0.3, -0.25) is 0 Å².